The van der Waals surface area contributed by atoms with E-state index >= 15 is 0 Å². The van der Waals surface area contributed by atoms with Crippen LogP contribution < -0.4 is 15.2 Å². The zero-order chi connectivity index (χ0) is 14.8. The van der Waals surface area contributed by atoms with E-state index in [-0.39, 0.29) is 22.8 Å². The molecule has 0 atom stereocenters. The fourth-order valence-electron chi connectivity index (χ4n) is 2.23. The highest BCUT2D eigenvalue weighted by Crippen LogP contribution is 2.35. The number of benzene rings is 1. The van der Waals surface area contributed by atoms with Crippen LogP contribution in [0.25, 0.3) is 0 Å². The van der Waals surface area contributed by atoms with Gasteiger partial charge < -0.3 is 15.2 Å². The molecule has 0 amide bonds. The van der Waals surface area contributed by atoms with E-state index < -0.39 is 10.0 Å². The number of nitrogen functional groups attached to an aromatic ring is 1. The molecular formula is C13H20N2O4S. The lowest BCUT2D eigenvalue weighted by Gasteiger charge is -2.40. The highest BCUT2D eigenvalue weighted by molar-refractivity contribution is 7.89. The Hall–Kier alpha value is -1.31. The molecular weight excluding hydrogens is 280 g/mol. The summed E-state index contributed by atoms with van der Waals surface area (Å²) in [6, 6.07) is 4.47. The van der Waals surface area contributed by atoms with Crippen molar-refractivity contribution in [3.8, 4) is 5.75 Å². The molecule has 0 radical (unpaired) electrons. The topological polar surface area (TPSA) is 90.7 Å². The summed E-state index contributed by atoms with van der Waals surface area (Å²) in [7, 11) is -0.628. The van der Waals surface area contributed by atoms with Crippen molar-refractivity contribution in [2.75, 3.05) is 26.5 Å². The van der Waals surface area contributed by atoms with E-state index in [0.717, 1.165) is 19.3 Å². The predicted molar refractivity (Wildman–Crippen MR) is 76.2 cm³/mol. The van der Waals surface area contributed by atoms with Gasteiger partial charge in [0.2, 0.25) is 10.0 Å². The summed E-state index contributed by atoms with van der Waals surface area (Å²) in [5, 5.41) is 0. The predicted octanol–water partition coefficient (Wildman–Crippen LogP) is 1.12. The second-order valence-electron chi connectivity index (χ2n) is 4.98. The van der Waals surface area contributed by atoms with Gasteiger partial charge in [0.25, 0.3) is 0 Å². The van der Waals surface area contributed by atoms with Gasteiger partial charge in [-0.1, -0.05) is 0 Å². The Kier molecular flexibility index (Phi) is 4.22. The fourth-order valence-corrected chi connectivity index (χ4v) is 3.50. The Morgan fingerprint density at radius 1 is 1.35 bits per heavy atom. The standard InChI is InChI=1S/C13H20N2O4S/c1-18-11-8-10(14)4-5-12(11)20(16,17)15-9-13(19-2)6-3-7-13/h4-5,8,15H,3,6-7,9,14H2,1-2H3. The van der Waals surface area contributed by atoms with Crippen molar-refractivity contribution >= 4 is 15.7 Å². The molecule has 0 saturated heterocycles. The minimum atomic E-state index is -3.65. The number of nitrogens with two attached hydrogens (primary N) is 1. The Morgan fingerprint density at radius 2 is 2.05 bits per heavy atom. The van der Waals surface area contributed by atoms with Crippen LogP contribution in [-0.2, 0) is 14.8 Å². The normalized spacial score (nSPS) is 17.5. The highest BCUT2D eigenvalue weighted by Gasteiger charge is 2.38. The minimum absolute atomic E-state index is 0.0831. The van der Waals surface area contributed by atoms with Crippen LogP contribution in [0.4, 0.5) is 5.69 Å². The molecule has 7 heteroatoms. The maximum absolute atomic E-state index is 12.3. The molecule has 6 nitrogen and oxygen atoms in total. The number of hydrogen-bond donors (Lipinski definition) is 2. The number of nitrogens with one attached hydrogen (secondary N) is 1. The van der Waals surface area contributed by atoms with Crippen LogP contribution in [-0.4, -0.2) is 34.8 Å². The van der Waals surface area contributed by atoms with E-state index in [9.17, 15) is 8.42 Å². The van der Waals surface area contributed by atoms with Crippen LogP contribution >= 0.6 is 0 Å². The maximum Gasteiger partial charge on any atom is 0.244 e. The third-order valence-electron chi connectivity index (χ3n) is 3.76. The zero-order valence-electron chi connectivity index (χ0n) is 11.7. The van der Waals surface area contributed by atoms with Crippen molar-refractivity contribution in [1.82, 2.24) is 4.72 Å². The van der Waals surface area contributed by atoms with E-state index in [1.807, 2.05) is 0 Å². The molecule has 20 heavy (non-hydrogen) atoms. The monoisotopic (exact) mass is 300 g/mol. The summed E-state index contributed by atoms with van der Waals surface area (Å²) in [5.74, 6) is 0.234. The number of hydrogen-bond acceptors (Lipinski definition) is 5. The summed E-state index contributed by atoms with van der Waals surface area (Å²) in [4.78, 5) is 0.0831. The summed E-state index contributed by atoms with van der Waals surface area (Å²) in [5.41, 5.74) is 5.71. The van der Waals surface area contributed by atoms with Crippen LogP contribution in [0.15, 0.2) is 23.1 Å². The maximum atomic E-state index is 12.3. The molecule has 1 aromatic carbocycles. The molecule has 2 rings (SSSR count). The largest absolute Gasteiger partial charge is 0.495 e. The van der Waals surface area contributed by atoms with E-state index in [0.29, 0.717) is 5.69 Å². The number of anilines is 1. The van der Waals surface area contributed by atoms with Gasteiger partial charge in [0.05, 0.1) is 12.7 Å². The molecule has 0 unspecified atom stereocenters. The molecule has 0 bridgehead atoms. The third-order valence-corrected chi connectivity index (χ3v) is 5.20. The van der Waals surface area contributed by atoms with Crippen molar-refractivity contribution in [2.24, 2.45) is 0 Å². The molecule has 1 fully saturated rings. The van der Waals surface area contributed by atoms with Gasteiger partial charge in [0, 0.05) is 25.4 Å². The van der Waals surface area contributed by atoms with Gasteiger partial charge in [0.1, 0.15) is 10.6 Å². The molecule has 1 aromatic rings. The van der Waals surface area contributed by atoms with Gasteiger partial charge in [-0.15, -0.1) is 0 Å². The number of methoxy groups -OCH3 is 2. The summed E-state index contributed by atoms with van der Waals surface area (Å²) in [6.45, 7) is 0.263. The molecule has 1 saturated carbocycles. The van der Waals surface area contributed by atoms with Gasteiger partial charge in [-0.3, -0.25) is 0 Å². The van der Waals surface area contributed by atoms with Crippen molar-refractivity contribution in [2.45, 2.75) is 29.8 Å². The molecule has 3 N–H and O–H groups in total. The smallest absolute Gasteiger partial charge is 0.244 e. The molecule has 0 heterocycles. The first-order valence-corrected chi connectivity index (χ1v) is 7.89. The third kappa shape index (κ3) is 2.89. The molecule has 0 aliphatic heterocycles. The van der Waals surface area contributed by atoms with Crippen molar-refractivity contribution in [3.63, 3.8) is 0 Å². The van der Waals surface area contributed by atoms with E-state index in [4.69, 9.17) is 15.2 Å². The molecule has 1 aliphatic carbocycles. The Morgan fingerprint density at radius 3 is 2.55 bits per heavy atom. The van der Waals surface area contributed by atoms with Gasteiger partial charge in [-0.05, 0) is 31.4 Å². The summed E-state index contributed by atoms with van der Waals surface area (Å²) >= 11 is 0. The lowest BCUT2D eigenvalue weighted by atomic mass is 9.80. The van der Waals surface area contributed by atoms with Crippen LogP contribution in [0.1, 0.15) is 19.3 Å². The quantitative estimate of drug-likeness (QED) is 0.768. The minimum Gasteiger partial charge on any atom is -0.495 e. The lowest BCUT2D eigenvalue weighted by Crippen LogP contribution is -2.49. The van der Waals surface area contributed by atoms with Crippen LogP contribution in [0.3, 0.4) is 0 Å². The average molecular weight is 300 g/mol. The number of sulfonamides is 1. The summed E-state index contributed by atoms with van der Waals surface area (Å²) < 4.78 is 37.7. The van der Waals surface area contributed by atoms with Crippen LogP contribution in [0, 0.1) is 0 Å². The second kappa shape index (κ2) is 5.59. The Labute approximate surface area is 119 Å². The van der Waals surface area contributed by atoms with Crippen molar-refractivity contribution in [1.29, 1.82) is 0 Å². The van der Waals surface area contributed by atoms with E-state index in [2.05, 4.69) is 4.72 Å². The van der Waals surface area contributed by atoms with Crippen molar-refractivity contribution in [3.05, 3.63) is 18.2 Å². The van der Waals surface area contributed by atoms with E-state index in [1.54, 1.807) is 7.11 Å². The zero-order valence-corrected chi connectivity index (χ0v) is 12.5. The van der Waals surface area contributed by atoms with Gasteiger partial charge >= 0.3 is 0 Å². The summed E-state index contributed by atoms with van der Waals surface area (Å²) in [6.07, 6.45) is 2.79. The Balaban J connectivity index is 2.18. The molecule has 112 valence electrons. The molecule has 1 aliphatic rings. The average Bonchev–Trinajstić information content (AvgIpc) is 2.37. The first kappa shape index (κ1) is 15.1. The number of ether oxygens (including phenoxy) is 2. The second-order valence-corrected chi connectivity index (χ2v) is 6.71. The lowest BCUT2D eigenvalue weighted by molar-refractivity contribution is -0.0659. The van der Waals surface area contributed by atoms with Gasteiger partial charge in [-0.2, -0.15) is 0 Å². The fraction of sp³-hybridized carbons (Fsp3) is 0.538. The van der Waals surface area contributed by atoms with Crippen molar-refractivity contribution < 1.29 is 17.9 Å². The van der Waals surface area contributed by atoms with Gasteiger partial charge in [-0.25, -0.2) is 13.1 Å². The number of rotatable bonds is 6. The van der Waals surface area contributed by atoms with Crippen LogP contribution in [0.2, 0.25) is 0 Å². The molecule has 0 spiro atoms. The highest BCUT2D eigenvalue weighted by atomic mass is 32.2. The first-order chi connectivity index (χ1) is 9.42. The van der Waals surface area contributed by atoms with Crippen LogP contribution in [0.5, 0.6) is 5.75 Å². The first-order valence-electron chi connectivity index (χ1n) is 6.41. The van der Waals surface area contributed by atoms with E-state index in [1.165, 1.54) is 25.3 Å². The van der Waals surface area contributed by atoms with Gasteiger partial charge in [0.15, 0.2) is 0 Å². The molecule has 0 aromatic heterocycles. The SMILES string of the molecule is COc1cc(N)ccc1S(=O)(=O)NCC1(OC)CCC1. The Bertz CT molecular complexity index is 577.